The summed E-state index contributed by atoms with van der Waals surface area (Å²) in [7, 11) is 1.62. The Balaban J connectivity index is 1.36. The first kappa shape index (κ1) is 15.3. The third-order valence-corrected chi connectivity index (χ3v) is 4.48. The maximum absolute atomic E-state index is 5.39. The topological polar surface area (TPSA) is 80.4 Å². The number of hydrogen-bond acceptors (Lipinski definition) is 8. The first-order valence-electron chi connectivity index (χ1n) is 8.48. The smallest absolute Gasteiger partial charge is 0.240 e. The van der Waals surface area contributed by atoms with Crippen molar-refractivity contribution < 1.29 is 9.26 Å². The van der Waals surface area contributed by atoms with Crippen molar-refractivity contribution in [2.75, 3.05) is 38.2 Å². The summed E-state index contributed by atoms with van der Waals surface area (Å²) < 4.78 is 10.6. The molecule has 0 bridgehead atoms. The molecule has 0 spiro atoms. The maximum atomic E-state index is 5.39. The minimum atomic E-state index is 0.535. The van der Waals surface area contributed by atoms with E-state index in [9.17, 15) is 0 Å². The summed E-state index contributed by atoms with van der Waals surface area (Å²) in [6.45, 7) is 4.44. The largest absolute Gasteiger partial charge is 0.481 e. The molecule has 8 heteroatoms. The van der Waals surface area contributed by atoms with Crippen molar-refractivity contribution in [1.82, 2.24) is 25.0 Å². The Morgan fingerprint density at radius 2 is 2.12 bits per heavy atom. The lowest BCUT2D eigenvalue weighted by atomic mass is 10.4. The van der Waals surface area contributed by atoms with Gasteiger partial charge in [0.1, 0.15) is 0 Å². The molecule has 2 aromatic heterocycles. The van der Waals surface area contributed by atoms with Crippen molar-refractivity contribution in [1.29, 1.82) is 0 Å². The van der Waals surface area contributed by atoms with Gasteiger partial charge in [0.25, 0.3) is 0 Å². The first-order chi connectivity index (χ1) is 11.8. The maximum Gasteiger partial charge on any atom is 0.240 e. The molecule has 24 heavy (non-hydrogen) atoms. The molecule has 8 nitrogen and oxygen atoms in total. The van der Waals surface area contributed by atoms with Gasteiger partial charge in [-0.1, -0.05) is 5.16 Å². The summed E-state index contributed by atoms with van der Waals surface area (Å²) in [5, 5.41) is 4.09. The molecule has 2 fully saturated rings. The van der Waals surface area contributed by atoms with E-state index < -0.39 is 0 Å². The SMILES string of the molecule is COc1ccnc(N2CCCN(Cc3nc(C4CC4)no3)CC2)n1. The monoisotopic (exact) mass is 330 g/mol. The summed E-state index contributed by atoms with van der Waals surface area (Å²) >= 11 is 0. The summed E-state index contributed by atoms with van der Waals surface area (Å²) in [6.07, 6.45) is 5.17. The summed E-state index contributed by atoms with van der Waals surface area (Å²) in [5.41, 5.74) is 0. The standard InChI is InChI=1S/C16H22N6O2/c1-23-13-5-6-17-16(19-13)22-8-2-7-21(9-10-22)11-14-18-15(20-24-14)12-3-4-12/h5-6,12H,2-4,7-11H2,1H3. The van der Waals surface area contributed by atoms with Crippen LogP contribution in [0.5, 0.6) is 5.88 Å². The quantitative estimate of drug-likeness (QED) is 0.815. The molecule has 3 heterocycles. The second kappa shape index (κ2) is 6.72. The van der Waals surface area contributed by atoms with Crippen molar-refractivity contribution in [3.63, 3.8) is 0 Å². The average molecular weight is 330 g/mol. The van der Waals surface area contributed by atoms with Crippen LogP contribution < -0.4 is 9.64 Å². The fourth-order valence-corrected chi connectivity index (χ4v) is 2.96. The number of ether oxygens (including phenoxy) is 1. The van der Waals surface area contributed by atoms with Crippen LogP contribution >= 0.6 is 0 Å². The number of nitrogens with zero attached hydrogens (tertiary/aromatic N) is 6. The van der Waals surface area contributed by atoms with Gasteiger partial charge in [-0.25, -0.2) is 4.98 Å². The van der Waals surface area contributed by atoms with Gasteiger partial charge in [-0.3, -0.25) is 4.90 Å². The van der Waals surface area contributed by atoms with Gasteiger partial charge in [0, 0.05) is 44.4 Å². The molecule has 2 aromatic rings. The molecule has 1 saturated heterocycles. The van der Waals surface area contributed by atoms with E-state index in [1.165, 1.54) is 12.8 Å². The predicted molar refractivity (Wildman–Crippen MR) is 87.0 cm³/mol. The van der Waals surface area contributed by atoms with Crippen LogP contribution in [0.2, 0.25) is 0 Å². The lowest BCUT2D eigenvalue weighted by molar-refractivity contribution is 0.239. The molecule has 2 aliphatic rings. The minimum Gasteiger partial charge on any atom is -0.481 e. The number of rotatable bonds is 5. The van der Waals surface area contributed by atoms with Gasteiger partial charge in [-0.15, -0.1) is 0 Å². The van der Waals surface area contributed by atoms with Crippen molar-refractivity contribution >= 4 is 5.95 Å². The minimum absolute atomic E-state index is 0.535. The van der Waals surface area contributed by atoms with Gasteiger partial charge in [-0.2, -0.15) is 9.97 Å². The highest BCUT2D eigenvalue weighted by Gasteiger charge is 2.29. The van der Waals surface area contributed by atoms with Gasteiger partial charge < -0.3 is 14.2 Å². The van der Waals surface area contributed by atoms with E-state index >= 15 is 0 Å². The second-order valence-corrected chi connectivity index (χ2v) is 6.34. The summed E-state index contributed by atoms with van der Waals surface area (Å²) in [6, 6.07) is 1.76. The molecule has 0 amide bonds. The van der Waals surface area contributed by atoms with Crippen molar-refractivity contribution in [2.24, 2.45) is 0 Å². The molecule has 0 N–H and O–H groups in total. The molecule has 4 rings (SSSR count). The van der Waals surface area contributed by atoms with Crippen LogP contribution in [0.1, 0.15) is 36.9 Å². The molecule has 0 atom stereocenters. The fraction of sp³-hybridized carbons (Fsp3) is 0.625. The van der Waals surface area contributed by atoms with E-state index in [0.717, 1.165) is 50.3 Å². The Morgan fingerprint density at radius 1 is 1.21 bits per heavy atom. The van der Waals surface area contributed by atoms with Crippen LogP contribution in [-0.4, -0.2) is 58.3 Å². The lowest BCUT2D eigenvalue weighted by Gasteiger charge is -2.21. The highest BCUT2D eigenvalue weighted by Crippen LogP contribution is 2.38. The third kappa shape index (κ3) is 3.48. The highest BCUT2D eigenvalue weighted by atomic mass is 16.5. The number of aromatic nitrogens is 4. The van der Waals surface area contributed by atoms with Gasteiger partial charge in [0.05, 0.1) is 13.7 Å². The van der Waals surface area contributed by atoms with Crippen LogP contribution in [0, 0.1) is 0 Å². The highest BCUT2D eigenvalue weighted by molar-refractivity contribution is 5.32. The van der Waals surface area contributed by atoms with Crippen LogP contribution in [0.15, 0.2) is 16.8 Å². The lowest BCUT2D eigenvalue weighted by Crippen LogP contribution is -2.31. The number of anilines is 1. The molecular weight excluding hydrogens is 308 g/mol. The molecular formula is C16H22N6O2. The Morgan fingerprint density at radius 3 is 2.96 bits per heavy atom. The zero-order chi connectivity index (χ0) is 16.4. The van der Waals surface area contributed by atoms with Crippen LogP contribution in [-0.2, 0) is 6.54 Å². The summed E-state index contributed by atoms with van der Waals surface area (Å²) in [4.78, 5) is 17.9. The van der Waals surface area contributed by atoms with E-state index in [1.54, 1.807) is 19.4 Å². The van der Waals surface area contributed by atoms with E-state index in [1.807, 2.05) is 0 Å². The summed E-state index contributed by atoms with van der Waals surface area (Å²) in [5.74, 6) is 3.46. The third-order valence-electron chi connectivity index (χ3n) is 4.48. The zero-order valence-corrected chi connectivity index (χ0v) is 13.9. The molecule has 128 valence electrons. The Kier molecular flexibility index (Phi) is 4.29. The Hall–Kier alpha value is -2.22. The van der Waals surface area contributed by atoms with Crippen LogP contribution in [0.25, 0.3) is 0 Å². The van der Waals surface area contributed by atoms with Crippen LogP contribution in [0.4, 0.5) is 5.95 Å². The second-order valence-electron chi connectivity index (χ2n) is 6.34. The first-order valence-corrected chi connectivity index (χ1v) is 8.48. The van der Waals surface area contributed by atoms with E-state index in [-0.39, 0.29) is 0 Å². The van der Waals surface area contributed by atoms with Crippen molar-refractivity contribution in [2.45, 2.75) is 31.7 Å². The normalized spacial score (nSPS) is 19.3. The molecule has 1 aliphatic carbocycles. The molecule has 0 unspecified atom stereocenters. The molecule has 0 radical (unpaired) electrons. The molecule has 0 aromatic carbocycles. The van der Waals surface area contributed by atoms with Gasteiger partial charge >= 0.3 is 0 Å². The predicted octanol–water partition coefficient (Wildman–Crippen LogP) is 1.46. The van der Waals surface area contributed by atoms with Crippen molar-refractivity contribution in [3.05, 3.63) is 24.0 Å². The van der Waals surface area contributed by atoms with Crippen molar-refractivity contribution in [3.8, 4) is 5.88 Å². The van der Waals surface area contributed by atoms with E-state index in [0.29, 0.717) is 18.3 Å². The van der Waals surface area contributed by atoms with Crippen LogP contribution in [0.3, 0.4) is 0 Å². The number of methoxy groups -OCH3 is 1. The Bertz CT molecular complexity index is 687. The molecule has 1 aliphatic heterocycles. The Labute approximate surface area is 140 Å². The van der Waals surface area contributed by atoms with E-state index in [2.05, 4.69) is 29.9 Å². The fourth-order valence-electron chi connectivity index (χ4n) is 2.96. The zero-order valence-electron chi connectivity index (χ0n) is 13.9. The number of hydrogen-bond donors (Lipinski definition) is 0. The average Bonchev–Trinajstić information content (AvgIpc) is 3.40. The van der Waals surface area contributed by atoms with E-state index in [4.69, 9.17) is 9.26 Å². The van der Waals surface area contributed by atoms with Gasteiger partial charge in [0.15, 0.2) is 5.82 Å². The van der Waals surface area contributed by atoms with Gasteiger partial charge in [0.2, 0.25) is 17.7 Å². The molecule has 1 saturated carbocycles. The van der Waals surface area contributed by atoms with Gasteiger partial charge in [-0.05, 0) is 19.3 Å².